The van der Waals surface area contributed by atoms with Crippen molar-refractivity contribution in [3.8, 4) is 11.5 Å². The van der Waals surface area contributed by atoms with E-state index in [4.69, 9.17) is 0 Å². The summed E-state index contributed by atoms with van der Waals surface area (Å²) in [6.07, 6.45) is 11.4. The lowest BCUT2D eigenvalue weighted by molar-refractivity contribution is 0.308. The van der Waals surface area contributed by atoms with Gasteiger partial charge in [-0.3, -0.25) is 0 Å². The molecule has 0 atom stereocenters. The number of rotatable bonds is 11. The molecule has 2 heteroatoms. The first kappa shape index (κ1) is 22.9. The van der Waals surface area contributed by atoms with Gasteiger partial charge in [0.25, 0.3) is 0 Å². The summed E-state index contributed by atoms with van der Waals surface area (Å²) in [6.45, 7) is 13.7. The first-order valence-electron chi connectivity index (χ1n) is 10.6. The van der Waals surface area contributed by atoms with Crippen LogP contribution in [0, 0.1) is 10.8 Å². The predicted octanol–water partition coefficient (Wildman–Crippen LogP) is 7.40. The normalized spacial score (nSPS) is 12.5. The highest BCUT2D eigenvalue weighted by Crippen LogP contribution is 2.33. The lowest BCUT2D eigenvalue weighted by atomic mass is 9.84. The maximum atomic E-state index is 10.2. The van der Waals surface area contributed by atoms with Crippen LogP contribution >= 0.6 is 0 Å². The molecule has 0 saturated heterocycles. The maximum absolute atomic E-state index is 10.2. The minimum absolute atomic E-state index is 0.0421. The summed E-state index contributed by atoms with van der Waals surface area (Å²) in [7, 11) is 0. The van der Waals surface area contributed by atoms with Crippen LogP contribution in [-0.4, -0.2) is 10.2 Å². The second-order valence-corrected chi connectivity index (χ2v) is 9.97. The third-order valence-electron chi connectivity index (χ3n) is 5.63. The van der Waals surface area contributed by atoms with Crippen LogP contribution in [0.3, 0.4) is 0 Å². The fourth-order valence-electron chi connectivity index (χ4n) is 3.33. The largest absolute Gasteiger partial charge is 0.504 e. The Balaban J connectivity index is 2.48. The molecule has 0 bridgehead atoms. The van der Waals surface area contributed by atoms with E-state index in [1.807, 2.05) is 0 Å². The van der Waals surface area contributed by atoms with Gasteiger partial charge in [0.1, 0.15) is 0 Å². The van der Waals surface area contributed by atoms with E-state index in [0.29, 0.717) is 10.8 Å². The van der Waals surface area contributed by atoms with Crippen molar-refractivity contribution in [1.29, 1.82) is 0 Å². The number of aryl methyl sites for hydroxylation is 2. The van der Waals surface area contributed by atoms with E-state index in [1.165, 1.54) is 32.1 Å². The highest BCUT2D eigenvalue weighted by Gasteiger charge is 2.14. The number of phenolic OH excluding ortho intramolecular Hbond substituents is 2. The fourth-order valence-corrected chi connectivity index (χ4v) is 3.33. The Morgan fingerprint density at radius 1 is 0.769 bits per heavy atom. The highest BCUT2D eigenvalue weighted by atomic mass is 16.3. The van der Waals surface area contributed by atoms with Gasteiger partial charge in [-0.05, 0) is 66.5 Å². The molecule has 0 radical (unpaired) electrons. The number of benzene rings is 1. The van der Waals surface area contributed by atoms with Crippen molar-refractivity contribution in [2.75, 3.05) is 0 Å². The maximum Gasteiger partial charge on any atom is 0.160 e. The number of aromatic hydroxyl groups is 2. The quantitative estimate of drug-likeness (QED) is 0.318. The third-order valence-corrected chi connectivity index (χ3v) is 5.63. The van der Waals surface area contributed by atoms with Gasteiger partial charge in [0.15, 0.2) is 11.5 Å². The van der Waals surface area contributed by atoms with Gasteiger partial charge in [0.2, 0.25) is 0 Å². The molecule has 26 heavy (non-hydrogen) atoms. The van der Waals surface area contributed by atoms with Crippen molar-refractivity contribution in [1.82, 2.24) is 0 Å². The molecule has 0 saturated carbocycles. The van der Waals surface area contributed by atoms with Crippen LogP contribution in [0.15, 0.2) is 12.1 Å². The van der Waals surface area contributed by atoms with Crippen molar-refractivity contribution in [3.05, 3.63) is 23.3 Å². The zero-order valence-electron chi connectivity index (χ0n) is 18.1. The van der Waals surface area contributed by atoms with Crippen LogP contribution in [0.5, 0.6) is 11.5 Å². The molecule has 0 unspecified atom stereocenters. The van der Waals surface area contributed by atoms with Crippen molar-refractivity contribution in [2.45, 2.75) is 106 Å². The Hall–Kier alpha value is -1.18. The Labute approximate surface area is 162 Å². The van der Waals surface area contributed by atoms with Gasteiger partial charge in [0, 0.05) is 0 Å². The molecule has 0 spiro atoms. The molecule has 0 aliphatic rings. The molecule has 0 amide bonds. The van der Waals surface area contributed by atoms with Crippen molar-refractivity contribution in [2.24, 2.45) is 10.8 Å². The van der Waals surface area contributed by atoms with Crippen molar-refractivity contribution in [3.63, 3.8) is 0 Å². The first-order chi connectivity index (χ1) is 12.0. The number of unbranched alkanes of at least 4 members (excludes halogenated alkanes) is 3. The molecule has 1 aromatic rings. The number of hydrogen-bond acceptors (Lipinski definition) is 2. The molecule has 2 N–H and O–H groups in total. The summed E-state index contributed by atoms with van der Waals surface area (Å²) < 4.78 is 0. The van der Waals surface area contributed by atoms with Gasteiger partial charge in [-0.25, -0.2) is 0 Å². The molecule has 0 aliphatic carbocycles. The van der Waals surface area contributed by atoms with Gasteiger partial charge < -0.3 is 10.2 Å². The molecule has 1 rings (SSSR count). The van der Waals surface area contributed by atoms with E-state index in [2.05, 4.69) is 47.6 Å². The van der Waals surface area contributed by atoms with Gasteiger partial charge in [0.05, 0.1) is 0 Å². The Morgan fingerprint density at radius 2 is 1.38 bits per heavy atom. The van der Waals surface area contributed by atoms with Crippen LogP contribution in [-0.2, 0) is 12.8 Å². The number of hydrogen-bond donors (Lipinski definition) is 2. The van der Waals surface area contributed by atoms with Crippen molar-refractivity contribution < 1.29 is 10.2 Å². The molecular formula is C24H42O2. The fraction of sp³-hybridized carbons (Fsp3) is 0.750. The second-order valence-electron chi connectivity index (χ2n) is 9.97. The van der Waals surface area contributed by atoms with Crippen molar-refractivity contribution >= 4 is 0 Å². The first-order valence-corrected chi connectivity index (χ1v) is 10.6. The van der Waals surface area contributed by atoms with Gasteiger partial charge >= 0.3 is 0 Å². The minimum atomic E-state index is 0.0421. The summed E-state index contributed by atoms with van der Waals surface area (Å²) in [5.41, 5.74) is 2.87. The standard InChI is InChI=1S/C24H42O2/c1-7-24(5,6)16-11-8-9-13-19-17-20(22(26)21(25)18-19)14-10-12-15-23(2,3)4/h17-18,25-26H,7-16H2,1-6H3. The summed E-state index contributed by atoms with van der Waals surface area (Å²) in [6, 6.07) is 3.84. The predicted molar refractivity (Wildman–Crippen MR) is 113 cm³/mol. The average molecular weight is 363 g/mol. The number of phenols is 2. The third kappa shape index (κ3) is 8.96. The zero-order valence-corrected chi connectivity index (χ0v) is 18.1. The Morgan fingerprint density at radius 3 is 2.00 bits per heavy atom. The summed E-state index contributed by atoms with van der Waals surface area (Å²) in [5, 5.41) is 20.2. The monoisotopic (exact) mass is 362 g/mol. The van der Waals surface area contributed by atoms with E-state index in [-0.39, 0.29) is 11.5 Å². The average Bonchev–Trinajstić information content (AvgIpc) is 2.54. The van der Waals surface area contributed by atoms with Crippen LogP contribution in [0.2, 0.25) is 0 Å². The van der Waals surface area contributed by atoms with Crippen LogP contribution in [0.1, 0.15) is 104 Å². The topological polar surface area (TPSA) is 40.5 Å². The molecule has 0 aliphatic heterocycles. The minimum Gasteiger partial charge on any atom is -0.504 e. The molecule has 1 aromatic carbocycles. The zero-order chi connectivity index (χ0) is 19.8. The summed E-state index contributed by atoms with van der Waals surface area (Å²) >= 11 is 0. The van der Waals surface area contributed by atoms with E-state index < -0.39 is 0 Å². The van der Waals surface area contributed by atoms with Gasteiger partial charge in [-0.2, -0.15) is 0 Å². The summed E-state index contributed by atoms with van der Waals surface area (Å²) in [4.78, 5) is 0. The highest BCUT2D eigenvalue weighted by molar-refractivity contribution is 5.47. The van der Waals surface area contributed by atoms with Crippen LogP contribution < -0.4 is 0 Å². The molecule has 0 fully saturated rings. The Kier molecular flexibility index (Phi) is 9.00. The van der Waals surface area contributed by atoms with Gasteiger partial charge in [-0.15, -0.1) is 0 Å². The van der Waals surface area contributed by atoms with Crippen LogP contribution in [0.25, 0.3) is 0 Å². The van der Waals surface area contributed by atoms with Gasteiger partial charge in [-0.1, -0.05) is 73.3 Å². The molecule has 0 heterocycles. The SMILES string of the molecule is CCC(C)(C)CCCCCc1cc(O)c(O)c(CCCCC(C)(C)C)c1. The van der Waals surface area contributed by atoms with E-state index >= 15 is 0 Å². The molecule has 2 nitrogen and oxygen atoms in total. The van der Waals surface area contributed by atoms with E-state index in [1.54, 1.807) is 6.07 Å². The lowest BCUT2D eigenvalue weighted by Crippen LogP contribution is -2.08. The lowest BCUT2D eigenvalue weighted by Gasteiger charge is -2.22. The second kappa shape index (κ2) is 10.2. The molecular weight excluding hydrogens is 320 g/mol. The van der Waals surface area contributed by atoms with Crippen LogP contribution in [0.4, 0.5) is 0 Å². The Bertz CT molecular complexity index is 538. The molecule has 150 valence electrons. The molecule has 0 aromatic heterocycles. The van der Waals surface area contributed by atoms with E-state index in [9.17, 15) is 10.2 Å². The smallest absolute Gasteiger partial charge is 0.160 e. The van der Waals surface area contributed by atoms with E-state index in [0.717, 1.165) is 43.2 Å². The summed E-state index contributed by atoms with van der Waals surface area (Å²) in [5.74, 6) is 0.120.